The molecule has 2 aromatic rings. The highest BCUT2D eigenvalue weighted by Gasteiger charge is 2.18. The molecule has 1 aromatic carbocycles. The first-order chi connectivity index (χ1) is 9.97. The van der Waals surface area contributed by atoms with Crippen LogP contribution in [-0.4, -0.2) is 21.5 Å². The summed E-state index contributed by atoms with van der Waals surface area (Å²) < 4.78 is 2.92. The van der Waals surface area contributed by atoms with Crippen molar-refractivity contribution in [2.24, 2.45) is 11.7 Å². The van der Waals surface area contributed by atoms with Crippen LogP contribution in [0.1, 0.15) is 19.4 Å². The van der Waals surface area contributed by atoms with Crippen LogP contribution in [0, 0.1) is 5.92 Å². The summed E-state index contributed by atoms with van der Waals surface area (Å²) in [7, 11) is 0. The maximum absolute atomic E-state index is 12.0. The standard InChI is InChI=1S/C15H19BrN4O.ClH/c1-10(2)13(17)14(21)19-15-18-7-8-20(15)9-11-3-5-12(16)6-4-11;/h3-8,10,13H,9,17H2,1-2H3,(H,18,19,21);1H/t13-;/m0./s1. The fourth-order valence-electron chi connectivity index (χ4n) is 1.84. The van der Waals surface area contributed by atoms with Gasteiger partial charge >= 0.3 is 0 Å². The molecular weight excluding hydrogens is 368 g/mol. The van der Waals surface area contributed by atoms with Gasteiger partial charge in [-0.15, -0.1) is 12.4 Å². The predicted molar refractivity (Wildman–Crippen MR) is 94.2 cm³/mol. The van der Waals surface area contributed by atoms with Crippen molar-refractivity contribution < 1.29 is 4.79 Å². The van der Waals surface area contributed by atoms with Crippen molar-refractivity contribution in [2.45, 2.75) is 26.4 Å². The SMILES string of the molecule is CC(C)[C@H](N)C(=O)Nc1nccn1Cc1ccc(Br)cc1.Cl. The van der Waals surface area contributed by atoms with Crippen LogP contribution >= 0.6 is 28.3 Å². The molecule has 0 saturated carbocycles. The van der Waals surface area contributed by atoms with Crippen LogP contribution in [0.25, 0.3) is 0 Å². The number of rotatable bonds is 5. The van der Waals surface area contributed by atoms with Crippen molar-refractivity contribution in [3.05, 3.63) is 46.7 Å². The van der Waals surface area contributed by atoms with E-state index < -0.39 is 6.04 Å². The molecule has 1 heterocycles. The minimum atomic E-state index is -0.539. The lowest BCUT2D eigenvalue weighted by atomic mass is 10.1. The highest BCUT2D eigenvalue weighted by atomic mass is 79.9. The molecule has 7 heteroatoms. The van der Waals surface area contributed by atoms with Gasteiger partial charge in [-0.25, -0.2) is 4.98 Å². The lowest BCUT2D eigenvalue weighted by Crippen LogP contribution is -2.40. The van der Waals surface area contributed by atoms with E-state index in [9.17, 15) is 4.79 Å². The Morgan fingerprint density at radius 3 is 2.59 bits per heavy atom. The van der Waals surface area contributed by atoms with Crippen LogP contribution in [0.2, 0.25) is 0 Å². The quantitative estimate of drug-likeness (QED) is 0.828. The topological polar surface area (TPSA) is 72.9 Å². The van der Waals surface area contributed by atoms with Gasteiger partial charge in [-0.1, -0.05) is 41.9 Å². The van der Waals surface area contributed by atoms with Crippen molar-refractivity contribution >= 4 is 40.2 Å². The monoisotopic (exact) mass is 386 g/mol. The number of anilines is 1. The number of nitrogens with two attached hydrogens (primary N) is 1. The van der Waals surface area contributed by atoms with Gasteiger partial charge in [0, 0.05) is 16.9 Å². The fourth-order valence-corrected chi connectivity index (χ4v) is 2.11. The van der Waals surface area contributed by atoms with Crippen molar-refractivity contribution in [2.75, 3.05) is 5.32 Å². The molecule has 0 aliphatic heterocycles. The second-order valence-electron chi connectivity index (χ2n) is 5.26. The number of nitrogens with one attached hydrogen (secondary N) is 1. The molecule has 2 rings (SSSR count). The first-order valence-electron chi connectivity index (χ1n) is 6.79. The molecule has 22 heavy (non-hydrogen) atoms. The lowest BCUT2D eigenvalue weighted by Gasteiger charge is -2.15. The van der Waals surface area contributed by atoms with E-state index in [2.05, 4.69) is 26.2 Å². The molecule has 120 valence electrons. The summed E-state index contributed by atoms with van der Waals surface area (Å²) in [5.41, 5.74) is 6.97. The molecule has 0 aliphatic carbocycles. The van der Waals surface area contributed by atoms with Gasteiger partial charge in [0.1, 0.15) is 0 Å². The largest absolute Gasteiger partial charge is 0.320 e. The van der Waals surface area contributed by atoms with Crippen molar-refractivity contribution in [3.8, 4) is 0 Å². The van der Waals surface area contributed by atoms with Crippen LogP contribution in [0.4, 0.5) is 5.95 Å². The third kappa shape index (κ3) is 4.83. The molecule has 0 spiro atoms. The molecule has 3 N–H and O–H groups in total. The van der Waals surface area contributed by atoms with E-state index in [0.717, 1.165) is 10.0 Å². The summed E-state index contributed by atoms with van der Waals surface area (Å²) >= 11 is 3.41. The summed E-state index contributed by atoms with van der Waals surface area (Å²) in [5.74, 6) is 0.382. The average molecular weight is 388 g/mol. The Kier molecular flexibility index (Phi) is 7.06. The third-order valence-corrected chi connectivity index (χ3v) is 3.77. The van der Waals surface area contributed by atoms with E-state index in [-0.39, 0.29) is 24.2 Å². The molecule has 0 saturated heterocycles. The molecular formula is C15H20BrClN4O. The number of imidazole rings is 1. The molecule has 1 atom stereocenters. The highest BCUT2D eigenvalue weighted by molar-refractivity contribution is 9.10. The number of hydrogen-bond donors (Lipinski definition) is 2. The third-order valence-electron chi connectivity index (χ3n) is 3.24. The summed E-state index contributed by atoms with van der Waals surface area (Å²) in [6.45, 7) is 4.47. The minimum absolute atomic E-state index is 0. The fraction of sp³-hybridized carbons (Fsp3) is 0.333. The Hall–Kier alpha value is -1.37. The van der Waals surface area contributed by atoms with Gasteiger partial charge < -0.3 is 10.3 Å². The van der Waals surface area contributed by atoms with Crippen LogP contribution in [-0.2, 0) is 11.3 Å². The zero-order valence-electron chi connectivity index (χ0n) is 12.5. The Morgan fingerprint density at radius 2 is 2.00 bits per heavy atom. The molecule has 1 aromatic heterocycles. The van der Waals surface area contributed by atoms with E-state index in [0.29, 0.717) is 12.5 Å². The number of halogens is 2. The highest BCUT2D eigenvalue weighted by Crippen LogP contribution is 2.14. The van der Waals surface area contributed by atoms with Crippen LogP contribution in [0.15, 0.2) is 41.1 Å². The Labute approximate surface area is 144 Å². The Balaban J connectivity index is 0.00000242. The first-order valence-corrected chi connectivity index (χ1v) is 7.58. The minimum Gasteiger partial charge on any atom is -0.320 e. The van der Waals surface area contributed by atoms with Crippen LogP contribution in [0.3, 0.4) is 0 Å². The summed E-state index contributed by atoms with van der Waals surface area (Å²) in [4.78, 5) is 16.2. The van der Waals surface area contributed by atoms with Gasteiger partial charge in [-0.2, -0.15) is 0 Å². The maximum atomic E-state index is 12.0. The van der Waals surface area contributed by atoms with Gasteiger partial charge in [0.05, 0.1) is 12.6 Å². The molecule has 0 unspecified atom stereocenters. The predicted octanol–water partition coefficient (Wildman–Crippen LogP) is 3.04. The number of benzene rings is 1. The molecule has 0 aliphatic rings. The Morgan fingerprint density at radius 1 is 1.36 bits per heavy atom. The number of amides is 1. The molecule has 0 radical (unpaired) electrons. The zero-order valence-corrected chi connectivity index (χ0v) is 14.9. The summed E-state index contributed by atoms with van der Waals surface area (Å²) in [6.07, 6.45) is 3.49. The second-order valence-corrected chi connectivity index (χ2v) is 6.18. The van der Waals surface area contributed by atoms with Crippen molar-refractivity contribution in [1.29, 1.82) is 0 Å². The number of carbonyl (C=O) groups is 1. The second kappa shape index (κ2) is 8.31. The van der Waals surface area contributed by atoms with Gasteiger partial charge in [0.15, 0.2) is 0 Å². The summed E-state index contributed by atoms with van der Waals surface area (Å²) in [6, 6.07) is 7.48. The smallest absolute Gasteiger partial charge is 0.243 e. The maximum Gasteiger partial charge on any atom is 0.243 e. The zero-order chi connectivity index (χ0) is 15.4. The van der Waals surface area contributed by atoms with Crippen molar-refractivity contribution in [3.63, 3.8) is 0 Å². The Bertz CT molecular complexity index is 612. The van der Waals surface area contributed by atoms with E-state index >= 15 is 0 Å². The number of hydrogen-bond acceptors (Lipinski definition) is 3. The van der Waals surface area contributed by atoms with E-state index in [1.807, 2.05) is 48.9 Å². The van der Waals surface area contributed by atoms with Gasteiger partial charge in [0.2, 0.25) is 11.9 Å². The average Bonchev–Trinajstić information content (AvgIpc) is 2.87. The van der Waals surface area contributed by atoms with Gasteiger partial charge in [0.25, 0.3) is 0 Å². The van der Waals surface area contributed by atoms with E-state index in [1.165, 1.54) is 0 Å². The van der Waals surface area contributed by atoms with Gasteiger partial charge in [-0.3, -0.25) is 10.1 Å². The number of nitrogens with zero attached hydrogens (tertiary/aromatic N) is 2. The van der Waals surface area contributed by atoms with E-state index in [1.54, 1.807) is 6.20 Å². The van der Waals surface area contributed by atoms with Crippen LogP contribution < -0.4 is 11.1 Å². The molecule has 0 bridgehead atoms. The van der Waals surface area contributed by atoms with Crippen molar-refractivity contribution in [1.82, 2.24) is 9.55 Å². The van der Waals surface area contributed by atoms with Crippen LogP contribution in [0.5, 0.6) is 0 Å². The normalized spacial score (nSPS) is 11.9. The van der Waals surface area contributed by atoms with E-state index in [4.69, 9.17) is 5.73 Å². The molecule has 1 amide bonds. The number of aromatic nitrogens is 2. The summed E-state index contributed by atoms with van der Waals surface area (Å²) in [5, 5.41) is 2.78. The number of carbonyl (C=O) groups excluding carboxylic acids is 1. The lowest BCUT2D eigenvalue weighted by molar-refractivity contribution is -0.118. The molecule has 5 nitrogen and oxygen atoms in total. The van der Waals surface area contributed by atoms with Gasteiger partial charge in [-0.05, 0) is 23.6 Å². The first kappa shape index (κ1) is 18.7. The molecule has 0 fully saturated rings.